The van der Waals surface area contributed by atoms with Crippen LogP contribution in [0.5, 0.6) is 0 Å². The highest BCUT2D eigenvalue weighted by molar-refractivity contribution is 5.57. The van der Waals surface area contributed by atoms with Gasteiger partial charge in [-0.25, -0.2) is 0 Å². The van der Waals surface area contributed by atoms with Crippen LogP contribution in [-0.2, 0) is 0 Å². The smallest absolute Gasteiger partial charge is 0.0223 e. The molecule has 0 fully saturated rings. The third-order valence-corrected chi connectivity index (χ3v) is 0.715. The monoisotopic (exact) mass is 111 g/mol. The van der Waals surface area contributed by atoms with E-state index in [4.69, 9.17) is 0 Å². The fourth-order valence-electron chi connectivity index (χ4n) is 0.333. The van der Waals surface area contributed by atoms with Gasteiger partial charge in [0.2, 0.25) is 0 Å². The molecule has 0 saturated carbocycles. The van der Waals surface area contributed by atoms with Crippen LogP contribution >= 0.6 is 0 Å². The quantitative estimate of drug-likeness (QED) is 0.496. The molecule has 0 aromatic heterocycles. The van der Waals surface area contributed by atoms with Crippen LogP contribution in [0.2, 0.25) is 0 Å². The van der Waals surface area contributed by atoms with E-state index in [1.54, 1.807) is 0 Å². The van der Waals surface area contributed by atoms with Crippen molar-refractivity contribution < 1.29 is 0 Å². The average Bonchev–Trinajstić information content (AvgIpc) is 1.81. The van der Waals surface area contributed by atoms with Crippen molar-refractivity contribution in [1.82, 2.24) is 0 Å². The summed E-state index contributed by atoms with van der Waals surface area (Å²) in [5.74, 6) is 0. The zero-order valence-corrected chi connectivity index (χ0v) is 5.59. The first-order valence-electron chi connectivity index (χ1n) is 3.08. The van der Waals surface area contributed by atoms with Crippen LogP contribution in [0.1, 0.15) is 26.7 Å². The first-order chi connectivity index (χ1) is 3.91. The summed E-state index contributed by atoms with van der Waals surface area (Å²) in [4.78, 5) is 3.97. The van der Waals surface area contributed by atoms with Gasteiger partial charge < -0.3 is 0 Å². The number of allylic oxidation sites excluding steroid dienone is 1. The second kappa shape index (κ2) is 6.41. The Balaban J connectivity index is 3.13. The third kappa shape index (κ3) is 5.41. The minimum atomic E-state index is 1.02. The Bertz CT molecular complexity index is 70.4. The molecule has 8 heavy (non-hydrogen) atoms. The van der Waals surface area contributed by atoms with E-state index in [0.717, 1.165) is 12.8 Å². The van der Waals surface area contributed by atoms with Crippen molar-refractivity contribution in [2.75, 3.05) is 0 Å². The van der Waals surface area contributed by atoms with Gasteiger partial charge in [-0.2, -0.15) is 0 Å². The first-order valence-corrected chi connectivity index (χ1v) is 3.08. The maximum atomic E-state index is 3.97. The van der Waals surface area contributed by atoms with Crippen LogP contribution in [0.15, 0.2) is 17.3 Å². The molecular weight excluding hydrogens is 98.1 g/mol. The average molecular weight is 111 g/mol. The van der Waals surface area contributed by atoms with E-state index in [-0.39, 0.29) is 0 Å². The Morgan fingerprint density at radius 1 is 1.25 bits per heavy atom. The molecule has 0 rings (SSSR count). The van der Waals surface area contributed by atoms with Gasteiger partial charge in [-0.15, -0.1) is 0 Å². The van der Waals surface area contributed by atoms with Gasteiger partial charge >= 0.3 is 0 Å². The highest BCUT2D eigenvalue weighted by Gasteiger charge is 1.62. The molecule has 46 valence electrons. The Kier molecular flexibility index (Phi) is 5.94. The summed E-state index contributed by atoms with van der Waals surface area (Å²) in [6.07, 6.45) is 7.86. The molecule has 0 unspecified atom stereocenters. The number of aliphatic imine (C=N–C) groups is 1. The van der Waals surface area contributed by atoms with E-state index in [1.807, 2.05) is 18.5 Å². The Morgan fingerprint density at radius 2 is 2.00 bits per heavy atom. The summed E-state index contributed by atoms with van der Waals surface area (Å²) in [7, 11) is 0. The Morgan fingerprint density at radius 3 is 2.50 bits per heavy atom. The molecule has 0 saturated heterocycles. The van der Waals surface area contributed by atoms with Gasteiger partial charge in [0, 0.05) is 12.4 Å². The lowest BCUT2D eigenvalue weighted by atomic mass is 10.5. The molecule has 0 bridgehead atoms. The fraction of sp³-hybridized carbons (Fsp3) is 0.571. The van der Waals surface area contributed by atoms with Crippen LogP contribution in [0, 0.1) is 0 Å². The molecule has 0 amide bonds. The van der Waals surface area contributed by atoms with Gasteiger partial charge in [-0.05, 0) is 12.8 Å². The second-order valence-corrected chi connectivity index (χ2v) is 1.53. The maximum Gasteiger partial charge on any atom is 0.0223 e. The molecule has 0 aromatic rings. The molecule has 0 N–H and O–H groups in total. The standard InChI is InChI=1S/C7H13N/c1-3-5-7-8-6-4-2/h5-7H,3-4H2,1-2H3/b7-5-,8-6+. The van der Waals surface area contributed by atoms with Crippen molar-refractivity contribution in [3.05, 3.63) is 12.3 Å². The van der Waals surface area contributed by atoms with Crippen LogP contribution in [0.25, 0.3) is 0 Å². The molecule has 0 aromatic carbocycles. The molecule has 0 aliphatic carbocycles. The highest BCUT2D eigenvalue weighted by Crippen LogP contribution is 1.79. The Labute approximate surface area is 51.1 Å². The van der Waals surface area contributed by atoms with Crippen molar-refractivity contribution in [3.8, 4) is 0 Å². The van der Waals surface area contributed by atoms with Gasteiger partial charge in [0.25, 0.3) is 0 Å². The van der Waals surface area contributed by atoms with E-state index < -0.39 is 0 Å². The van der Waals surface area contributed by atoms with Gasteiger partial charge in [-0.3, -0.25) is 4.99 Å². The van der Waals surface area contributed by atoms with Crippen molar-refractivity contribution in [2.24, 2.45) is 4.99 Å². The van der Waals surface area contributed by atoms with E-state index >= 15 is 0 Å². The number of rotatable bonds is 3. The van der Waals surface area contributed by atoms with Gasteiger partial charge in [0.15, 0.2) is 0 Å². The molecule has 0 spiro atoms. The molecule has 0 radical (unpaired) electrons. The van der Waals surface area contributed by atoms with Crippen LogP contribution in [-0.4, -0.2) is 6.21 Å². The van der Waals surface area contributed by atoms with Crippen LogP contribution in [0.4, 0.5) is 0 Å². The normalized spacial score (nSPS) is 11.8. The van der Waals surface area contributed by atoms with Crippen molar-refractivity contribution in [2.45, 2.75) is 26.7 Å². The SMILES string of the molecule is CC/C=C\N=C\CC. The predicted octanol–water partition coefficient (Wildman–Crippen LogP) is 2.39. The zero-order valence-electron chi connectivity index (χ0n) is 5.59. The van der Waals surface area contributed by atoms with Gasteiger partial charge in [-0.1, -0.05) is 19.9 Å². The molecule has 0 aliphatic rings. The van der Waals surface area contributed by atoms with Gasteiger partial charge in [0.1, 0.15) is 0 Å². The molecule has 1 nitrogen and oxygen atoms in total. The molecule has 0 atom stereocenters. The molecule has 0 aliphatic heterocycles. The largest absolute Gasteiger partial charge is 0.269 e. The molecular formula is C7H13N. The predicted molar refractivity (Wildman–Crippen MR) is 38.2 cm³/mol. The summed E-state index contributed by atoms with van der Waals surface area (Å²) >= 11 is 0. The minimum Gasteiger partial charge on any atom is -0.269 e. The maximum absolute atomic E-state index is 3.97. The third-order valence-electron chi connectivity index (χ3n) is 0.715. The Hall–Kier alpha value is -0.590. The van der Waals surface area contributed by atoms with Crippen LogP contribution in [0.3, 0.4) is 0 Å². The second-order valence-electron chi connectivity index (χ2n) is 1.53. The van der Waals surface area contributed by atoms with Crippen molar-refractivity contribution >= 4 is 6.21 Å². The van der Waals surface area contributed by atoms with E-state index in [9.17, 15) is 0 Å². The topological polar surface area (TPSA) is 12.4 Å². The highest BCUT2D eigenvalue weighted by atomic mass is 14.7. The summed E-state index contributed by atoms with van der Waals surface area (Å²) in [5, 5.41) is 0. The summed E-state index contributed by atoms with van der Waals surface area (Å²) in [6, 6.07) is 0. The fourth-order valence-corrected chi connectivity index (χ4v) is 0.333. The van der Waals surface area contributed by atoms with Crippen LogP contribution < -0.4 is 0 Å². The summed E-state index contributed by atoms with van der Waals surface area (Å²) in [6.45, 7) is 4.17. The lowest BCUT2D eigenvalue weighted by Crippen LogP contribution is -1.62. The number of hydrogen-bond donors (Lipinski definition) is 0. The van der Waals surface area contributed by atoms with E-state index in [0.29, 0.717) is 0 Å². The lowest BCUT2D eigenvalue weighted by Gasteiger charge is -1.74. The first kappa shape index (κ1) is 7.41. The van der Waals surface area contributed by atoms with Crippen molar-refractivity contribution in [1.29, 1.82) is 0 Å². The van der Waals surface area contributed by atoms with Crippen molar-refractivity contribution in [3.63, 3.8) is 0 Å². The summed E-state index contributed by atoms with van der Waals surface area (Å²) in [5.41, 5.74) is 0. The molecule has 0 heterocycles. The van der Waals surface area contributed by atoms with E-state index in [2.05, 4.69) is 18.8 Å². The van der Waals surface area contributed by atoms with Gasteiger partial charge in [0.05, 0.1) is 0 Å². The number of hydrogen-bond acceptors (Lipinski definition) is 1. The summed E-state index contributed by atoms with van der Waals surface area (Å²) < 4.78 is 0. The van der Waals surface area contributed by atoms with E-state index in [1.165, 1.54) is 0 Å². The minimum absolute atomic E-state index is 1.02. The number of nitrogens with zero attached hydrogens (tertiary/aromatic N) is 1. The lowest BCUT2D eigenvalue weighted by molar-refractivity contribution is 1.21. The molecule has 1 heteroatoms. The zero-order chi connectivity index (χ0) is 6.24.